The number of carbonyl (C=O) groups excluding carboxylic acids is 2. The van der Waals surface area contributed by atoms with Gasteiger partial charge < -0.3 is 20.0 Å². The molecule has 0 aromatic heterocycles. The molecule has 4 atom stereocenters. The van der Waals surface area contributed by atoms with Crippen LogP contribution >= 0.6 is 0 Å². The number of fused-ring (bicyclic) bond motifs is 1. The van der Waals surface area contributed by atoms with Gasteiger partial charge in [-0.2, -0.15) is 5.26 Å². The second kappa shape index (κ2) is 8.14. The van der Waals surface area contributed by atoms with E-state index in [1.165, 1.54) is 25.7 Å². The largest absolute Gasteiger partial charge is 0.331 e. The number of likely N-dealkylation sites (tertiary alicyclic amines) is 2. The average Bonchev–Trinajstić information content (AvgIpc) is 3.48. The molecule has 4 aliphatic rings. The predicted octanol–water partition coefficient (Wildman–Crippen LogP) is 2.04. The lowest BCUT2D eigenvalue weighted by atomic mass is 9.79. The molecule has 1 N–H and O–H groups in total. The Balaban J connectivity index is 1.42. The van der Waals surface area contributed by atoms with Crippen molar-refractivity contribution in [1.82, 2.24) is 20.0 Å². The molecule has 1 unspecified atom stereocenters. The first-order valence-electron chi connectivity index (χ1n) is 11.3. The molecule has 0 spiro atoms. The maximum atomic E-state index is 12.8. The molecule has 0 radical (unpaired) electrons. The standard InChI is InChI=1S/C22H35N5O2/c1-25(2)21(29)26-14-16-10-22(11-17(16)15-26,18-6-3-4-7-18)24-13-20(28)27-9-5-8-19(27)12-23/h16-19,24H,3-11,13-15H2,1-2H3/t16-,17+,19-,22?/m0/s1. The van der Waals surface area contributed by atoms with Crippen LogP contribution < -0.4 is 5.32 Å². The van der Waals surface area contributed by atoms with Crippen LogP contribution in [0.15, 0.2) is 0 Å². The van der Waals surface area contributed by atoms with Gasteiger partial charge in [0.15, 0.2) is 0 Å². The van der Waals surface area contributed by atoms with Gasteiger partial charge in [0.05, 0.1) is 12.6 Å². The topological polar surface area (TPSA) is 79.7 Å². The Morgan fingerprint density at radius 3 is 2.34 bits per heavy atom. The minimum absolute atomic E-state index is 0.0244. The van der Waals surface area contributed by atoms with Gasteiger partial charge in [-0.1, -0.05) is 12.8 Å². The number of carbonyl (C=O) groups is 2. The number of rotatable bonds is 4. The summed E-state index contributed by atoms with van der Waals surface area (Å²) in [6, 6.07) is 2.15. The van der Waals surface area contributed by atoms with Crippen LogP contribution in [0.1, 0.15) is 51.4 Å². The van der Waals surface area contributed by atoms with Gasteiger partial charge in [0, 0.05) is 39.3 Å². The first-order valence-corrected chi connectivity index (χ1v) is 11.3. The van der Waals surface area contributed by atoms with Crippen LogP contribution in [0, 0.1) is 29.1 Å². The van der Waals surface area contributed by atoms with Crippen LogP contribution in [0.2, 0.25) is 0 Å². The van der Waals surface area contributed by atoms with Crippen LogP contribution in [-0.2, 0) is 4.79 Å². The molecule has 7 nitrogen and oxygen atoms in total. The Labute approximate surface area is 174 Å². The van der Waals surface area contributed by atoms with E-state index in [0.29, 0.717) is 30.8 Å². The van der Waals surface area contributed by atoms with Crippen molar-refractivity contribution >= 4 is 11.9 Å². The number of nitrogens with zero attached hydrogens (tertiary/aromatic N) is 4. The number of nitrogens with one attached hydrogen (secondary N) is 1. The first-order chi connectivity index (χ1) is 13.9. The van der Waals surface area contributed by atoms with E-state index in [2.05, 4.69) is 11.4 Å². The Hall–Kier alpha value is -1.81. The van der Waals surface area contributed by atoms with Crippen molar-refractivity contribution in [3.8, 4) is 6.07 Å². The summed E-state index contributed by atoms with van der Waals surface area (Å²) in [5, 5.41) is 13.0. The molecule has 4 rings (SSSR count). The number of urea groups is 1. The van der Waals surface area contributed by atoms with Gasteiger partial charge in [-0.3, -0.25) is 4.79 Å². The lowest BCUT2D eigenvalue weighted by Gasteiger charge is -2.39. The molecule has 0 aromatic rings. The maximum Gasteiger partial charge on any atom is 0.319 e. The summed E-state index contributed by atoms with van der Waals surface area (Å²) in [5.41, 5.74) is 0.0244. The van der Waals surface area contributed by atoms with E-state index in [1.54, 1.807) is 9.80 Å². The van der Waals surface area contributed by atoms with E-state index in [0.717, 1.165) is 38.8 Å². The number of nitriles is 1. The maximum absolute atomic E-state index is 12.8. The van der Waals surface area contributed by atoms with Crippen molar-refractivity contribution in [3.05, 3.63) is 0 Å². The van der Waals surface area contributed by atoms with Gasteiger partial charge in [-0.15, -0.1) is 0 Å². The lowest BCUT2D eigenvalue weighted by Crippen LogP contribution is -2.54. The molecule has 2 heterocycles. The zero-order valence-corrected chi connectivity index (χ0v) is 17.9. The average molecular weight is 402 g/mol. The molecular weight excluding hydrogens is 366 g/mol. The van der Waals surface area contributed by atoms with Gasteiger partial charge in [0.1, 0.15) is 6.04 Å². The summed E-state index contributed by atoms with van der Waals surface area (Å²) < 4.78 is 0. The Bertz CT molecular complexity index is 667. The van der Waals surface area contributed by atoms with E-state index in [1.807, 2.05) is 19.0 Å². The van der Waals surface area contributed by atoms with Gasteiger partial charge >= 0.3 is 6.03 Å². The van der Waals surface area contributed by atoms with Crippen LogP contribution in [0.4, 0.5) is 4.79 Å². The quantitative estimate of drug-likeness (QED) is 0.782. The fourth-order valence-corrected chi connectivity index (χ4v) is 6.51. The van der Waals surface area contributed by atoms with Gasteiger partial charge in [0.2, 0.25) is 5.91 Å². The number of amides is 3. The van der Waals surface area contributed by atoms with Crippen molar-refractivity contribution in [1.29, 1.82) is 5.26 Å². The highest BCUT2D eigenvalue weighted by atomic mass is 16.2. The molecule has 0 bridgehead atoms. The summed E-state index contributed by atoms with van der Waals surface area (Å²) in [6.45, 7) is 2.74. The van der Waals surface area contributed by atoms with E-state index >= 15 is 0 Å². The zero-order chi connectivity index (χ0) is 20.6. The summed E-state index contributed by atoms with van der Waals surface area (Å²) in [4.78, 5) is 30.7. The molecular formula is C22H35N5O2. The SMILES string of the molecule is CN(C)C(=O)N1C[C@@H]2CC(NCC(=O)N3CCC[C@H]3C#N)(C3CCCC3)C[C@@H]2C1. The summed E-state index contributed by atoms with van der Waals surface area (Å²) >= 11 is 0. The van der Waals surface area contributed by atoms with Gasteiger partial charge in [-0.25, -0.2) is 4.79 Å². The smallest absolute Gasteiger partial charge is 0.319 e. The highest BCUT2D eigenvalue weighted by Crippen LogP contribution is 2.51. The summed E-state index contributed by atoms with van der Waals surface area (Å²) in [7, 11) is 3.64. The third kappa shape index (κ3) is 3.84. The van der Waals surface area contributed by atoms with Crippen LogP contribution in [0.3, 0.4) is 0 Å². The fourth-order valence-electron chi connectivity index (χ4n) is 6.51. The molecule has 2 saturated carbocycles. The second-order valence-electron chi connectivity index (χ2n) is 9.88. The monoisotopic (exact) mass is 401 g/mol. The summed E-state index contributed by atoms with van der Waals surface area (Å²) in [5.74, 6) is 1.76. The predicted molar refractivity (Wildman–Crippen MR) is 110 cm³/mol. The zero-order valence-electron chi connectivity index (χ0n) is 17.9. The van der Waals surface area contributed by atoms with Crippen molar-refractivity contribution in [3.63, 3.8) is 0 Å². The lowest BCUT2D eigenvalue weighted by molar-refractivity contribution is -0.130. The molecule has 2 aliphatic carbocycles. The first kappa shape index (κ1) is 20.5. The second-order valence-corrected chi connectivity index (χ2v) is 9.88. The molecule has 3 amide bonds. The third-order valence-electron chi connectivity index (χ3n) is 7.93. The van der Waals surface area contributed by atoms with Crippen molar-refractivity contribution in [2.75, 3.05) is 40.3 Å². The summed E-state index contributed by atoms with van der Waals surface area (Å²) in [6.07, 6.45) is 8.91. The minimum Gasteiger partial charge on any atom is -0.331 e. The third-order valence-corrected chi connectivity index (χ3v) is 7.93. The molecule has 0 aromatic carbocycles. The number of hydrogen-bond donors (Lipinski definition) is 1. The minimum atomic E-state index is -0.250. The van der Waals surface area contributed by atoms with Crippen molar-refractivity contribution < 1.29 is 9.59 Å². The fraction of sp³-hybridized carbons (Fsp3) is 0.864. The van der Waals surface area contributed by atoms with E-state index in [-0.39, 0.29) is 23.5 Å². The highest BCUT2D eigenvalue weighted by Gasteiger charge is 2.53. The molecule has 4 fully saturated rings. The molecule has 2 saturated heterocycles. The van der Waals surface area contributed by atoms with Crippen molar-refractivity contribution in [2.45, 2.75) is 62.9 Å². The normalized spacial score (nSPS) is 34.4. The number of hydrogen-bond acceptors (Lipinski definition) is 4. The molecule has 29 heavy (non-hydrogen) atoms. The Kier molecular flexibility index (Phi) is 5.74. The van der Waals surface area contributed by atoms with E-state index in [9.17, 15) is 14.9 Å². The van der Waals surface area contributed by atoms with Crippen LogP contribution in [-0.4, -0.2) is 78.5 Å². The van der Waals surface area contributed by atoms with Gasteiger partial charge in [0.25, 0.3) is 0 Å². The van der Waals surface area contributed by atoms with Crippen LogP contribution in [0.25, 0.3) is 0 Å². The van der Waals surface area contributed by atoms with Crippen LogP contribution in [0.5, 0.6) is 0 Å². The van der Waals surface area contributed by atoms with E-state index < -0.39 is 0 Å². The Morgan fingerprint density at radius 2 is 1.76 bits per heavy atom. The molecule has 7 heteroatoms. The van der Waals surface area contributed by atoms with Crippen molar-refractivity contribution in [2.24, 2.45) is 17.8 Å². The molecule has 2 aliphatic heterocycles. The highest BCUT2D eigenvalue weighted by molar-refractivity contribution is 5.79. The molecule has 160 valence electrons. The Morgan fingerprint density at radius 1 is 1.10 bits per heavy atom. The van der Waals surface area contributed by atoms with Gasteiger partial charge in [-0.05, 0) is 56.3 Å². The van der Waals surface area contributed by atoms with E-state index in [4.69, 9.17) is 0 Å².